The smallest absolute Gasteiger partial charge is 0.748 e. The number of hydrogen-bond acceptors (Lipinski definition) is 4. The van der Waals surface area contributed by atoms with Crippen LogP contribution in [0.3, 0.4) is 0 Å². The Hall–Kier alpha value is 0.870. The van der Waals surface area contributed by atoms with Crippen LogP contribution in [-0.4, -0.2) is 29.4 Å². The first-order chi connectivity index (χ1) is 13.4. The van der Waals surface area contributed by atoms with Crippen LogP contribution in [-0.2, 0) is 10.1 Å². The molecule has 0 aromatic heterocycles. The molecular formula is C23H47NaO4S. The maximum atomic E-state index is 11.5. The summed E-state index contributed by atoms with van der Waals surface area (Å²) < 4.78 is 34.4. The van der Waals surface area contributed by atoms with Crippen LogP contribution in [0.1, 0.15) is 136 Å². The van der Waals surface area contributed by atoms with Crippen LogP contribution < -0.4 is 29.6 Å². The predicted octanol–water partition coefficient (Wildman–Crippen LogP) is 3.72. The molecule has 2 unspecified atom stereocenters. The molecule has 0 aliphatic rings. The zero-order valence-corrected chi connectivity index (χ0v) is 22.5. The van der Waals surface area contributed by atoms with Crippen molar-refractivity contribution in [1.82, 2.24) is 0 Å². The summed E-state index contributed by atoms with van der Waals surface area (Å²) in [5.74, 6) is 0. The van der Waals surface area contributed by atoms with Gasteiger partial charge in [0.15, 0.2) is 0 Å². The van der Waals surface area contributed by atoms with E-state index >= 15 is 0 Å². The van der Waals surface area contributed by atoms with E-state index < -0.39 is 15.4 Å². The fourth-order valence-electron chi connectivity index (χ4n) is 3.82. The number of aliphatic hydroxyl groups is 1. The third-order valence-electron chi connectivity index (χ3n) is 5.74. The van der Waals surface area contributed by atoms with Gasteiger partial charge < -0.3 is 9.66 Å². The van der Waals surface area contributed by atoms with Gasteiger partial charge in [0.1, 0.15) is 0 Å². The molecule has 0 fully saturated rings. The molecule has 0 aliphatic heterocycles. The van der Waals surface area contributed by atoms with E-state index in [0.717, 1.165) is 64.2 Å². The largest absolute Gasteiger partial charge is 1.00 e. The Kier molecular flexibility index (Phi) is 24.4. The quantitative estimate of drug-likeness (QED) is 0.167. The molecule has 2 atom stereocenters. The minimum absolute atomic E-state index is 0. The molecule has 0 saturated heterocycles. The number of hydrogen-bond donors (Lipinski definition) is 1. The maximum absolute atomic E-state index is 11.5. The van der Waals surface area contributed by atoms with E-state index in [1.54, 1.807) is 0 Å². The number of rotatable bonds is 21. The van der Waals surface area contributed by atoms with Gasteiger partial charge in [-0.2, -0.15) is 0 Å². The van der Waals surface area contributed by atoms with Crippen molar-refractivity contribution in [1.29, 1.82) is 0 Å². The van der Waals surface area contributed by atoms with Gasteiger partial charge in [-0.1, -0.05) is 110 Å². The van der Waals surface area contributed by atoms with Crippen molar-refractivity contribution in [2.24, 2.45) is 0 Å². The van der Waals surface area contributed by atoms with Crippen molar-refractivity contribution in [2.45, 2.75) is 147 Å². The summed E-state index contributed by atoms with van der Waals surface area (Å²) >= 11 is 0. The summed E-state index contributed by atoms with van der Waals surface area (Å²) in [7, 11) is -4.18. The Morgan fingerprint density at radius 2 is 0.931 bits per heavy atom. The average Bonchev–Trinajstić information content (AvgIpc) is 2.64. The van der Waals surface area contributed by atoms with Crippen molar-refractivity contribution in [3.63, 3.8) is 0 Å². The Labute approximate surface area is 204 Å². The standard InChI is InChI=1S/C23H48O4S.Na/c1-3-5-7-9-10-12-14-18-22(24)19-15-13-17-21-23(28(25,26)27)20-16-11-8-6-4-2;/h22-24H,3-21H2,1-2H3,(H,25,26,27);/q;+1/p-1. The van der Waals surface area contributed by atoms with Gasteiger partial charge in [0, 0.05) is 5.25 Å². The van der Waals surface area contributed by atoms with Crippen molar-refractivity contribution < 1.29 is 47.6 Å². The van der Waals surface area contributed by atoms with Crippen molar-refractivity contribution in [3.05, 3.63) is 0 Å². The molecule has 0 spiro atoms. The van der Waals surface area contributed by atoms with Crippen LogP contribution in [0.15, 0.2) is 0 Å². The van der Waals surface area contributed by atoms with Gasteiger partial charge in [0.2, 0.25) is 0 Å². The summed E-state index contributed by atoms with van der Waals surface area (Å²) in [6.45, 7) is 4.38. The average molecular weight is 443 g/mol. The third-order valence-corrected chi connectivity index (χ3v) is 7.03. The summed E-state index contributed by atoms with van der Waals surface area (Å²) in [4.78, 5) is 0. The Balaban J connectivity index is 0. The van der Waals surface area contributed by atoms with Gasteiger partial charge in [0.25, 0.3) is 0 Å². The van der Waals surface area contributed by atoms with E-state index in [1.807, 2.05) is 0 Å². The van der Waals surface area contributed by atoms with Gasteiger partial charge >= 0.3 is 29.6 Å². The Bertz CT molecular complexity index is 429. The fraction of sp³-hybridized carbons (Fsp3) is 1.00. The summed E-state index contributed by atoms with van der Waals surface area (Å²) in [6, 6.07) is 0. The molecule has 0 amide bonds. The second-order valence-corrected chi connectivity index (χ2v) is 10.2. The number of aliphatic hydroxyl groups excluding tert-OH is 1. The van der Waals surface area contributed by atoms with Crippen LogP contribution in [0.25, 0.3) is 0 Å². The molecule has 1 N–H and O–H groups in total. The van der Waals surface area contributed by atoms with Crippen LogP contribution >= 0.6 is 0 Å². The molecule has 0 aromatic carbocycles. The second-order valence-electron chi connectivity index (χ2n) is 8.52. The molecular weight excluding hydrogens is 395 g/mol. The first kappa shape index (κ1) is 32.1. The fourth-order valence-corrected chi connectivity index (χ4v) is 4.73. The predicted molar refractivity (Wildman–Crippen MR) is 119 cm³/mol. The molecule has 0 aromatic rings. The van der Waals surface area contributed by atoms with Gasteiger partial charge in [-0.3, -0.25) is 0 Å². The van der Waals surface area contributed by atoms with Gasteiger partial charge in [-0.15, -0.1) is 0 Å². The van der Waals surface area contributed by atoms with E-state index in [0.29, 0.717) is 12.8 Å². The normalized spacial score (nSPS) is 13.8. The minimum atomic E-state index is -4.18. The van der Waals surface area contributed by atoms with E-state index in [1.165, 1.54) is 44.9 Å². The summed E-state index contributed by atoms with van der Waals surface area (Å²) in [6.07, 6.45) is 19.2. The van der Waals surface area contributed by atoms with Crippen LogP contribution in [0.5, 0.6) is 0 Å². The van der Waals surface area contributed by atoms with Crippen molar-refractivity contribution >= 4 is 10.1 Å². The van der Waals surface area contributed by atoms with Crippen LogP contribution in [0.4, 0.5) is 0 Å². The Morgan fingerprint density at radius 1 is 0.621 bits per heavy atom. The summed E-state index contributed by atoms with van der Waals surface area (Å²) in [5.41, 5.74) is 0. The molecule has 0 heterocycles. The molecule has 6 heteroatoms. The van der Waals surface area contributed by atoms with Gasteiger partial charge in [0.05, 0.1) is 16.2 Å². The van der Waals surface area contributed by atoms with Gasteiger partial charge in [-0.05, 0) is 25.7 Å². The molecule has 170 valence electrons. The first-order valence-corrected chi connectivity index (χ1v) is 13.5. The molecule has 0 radical (unpaired) electrons. The minimum Gasteiger partial charge on any atom is -0.748 e. The number of unbranched alkanes of at least 4 members (excludes halogenated alkanes) is 12. The molecule has 0 aliphatic carbocycles. The van der Waals surface area contributed by atoms with Crippen molar-refractivity contribution in [2.75, 3.05) is 0 Å². The second kappa shape index (κ2) is 22.1. The van der Waals surface area contributed by atoms with E-state index in [9.17, 15) is 18.1 Å². The molecule has 4 nitrogen and oxygen atoms in total. The molecule has 0 rings (SSSR count). The SMILES string of the molecule is CCCCCCCCCC(O)CCCCCC(CCCCCCC)S(=O)(=O)[O-].[Na+]. The maximum Gasteiger partial charge on any atom is 1.00 e. The Morgan fingerprint density at radius 3 is 1.31 bits per heavy atom. The van der Waals surface area contributed by atoms with E-state index in [-0.39, 0.29) is 35.7 Å². The zero-order chi connectivity index (χ0) is 21.1. The van der Waals surface area contributed by atoms with Crippen molar-refractivity contribution in [3.8, 4) is 0 Å². The zero-order valence-electron chi connectivity index (χ0n) is 19.7. The molecule has 0 saturated carbocycles. The molecule has 0 bridgehead atoms. The van der Waals surface area contributed by atoms with E-state index in [2.05, 4.69) is 13.8 Å². The monoisotopic (exact) mass is 442 g/mol. The third kappa shape index (κ3) is 21.9. The van der Waals surface area contributed by atoms with Crippen LogP contribution in [0.2, 0.25) is 0 Å². The summed E-state index contributed by atoms with van der Waals surface area (Å²) in [5, 5.41) is 9.35. The first-order valence-electron chi connectivity index (χ1n) is 12.0. The molecule has 29 heavy (non-hydrogen) atoms. The van der Waals surface area contributed by atoms with E-state index in [4.69, 9.17) is 0 Å². The topological polar surface area (TPSA) is 77.4 Å². The van der Waals surface area contributed by atoms with Gasteiger partial charge in [-0.25, -0.2) is 8.42 Å². The van der Waals surface area contributed by atoms with Crippen LogP contribution in [0, 0.1) is 0 Å².